The van der Waals surface area contributed by atoms with Crippen LogP contribution in [0.15, 0.2) is 105 Å². The van der Waals surface area contributed by atoms with Gasteiger partial charge in [-0.25, -0.2) is 0 Å². The van der Waals surface area contributed by atoms with Gasteiger partial charge in [-0.3, -0.25) is 0 Å². The first kappa shape index (κ1) is 42.3. The Balaban J connectivity index is 0.860. The fraction of sp³-hybridized carbons (Fsp3) is 0.500. The lowest BCUT2D eigenvalue weighted by atomic mass is 10.1. The number of ether oxygens (including phenoxy) is 2. The molecule has 0 bridgehead atoms. The normalized spacial score (nSPS) is 14.7. The molecule has 8 heteroatoms. The summed E-state index contributed by atoms with van der Waals surface area (Å²) in [6, 6.07) is 30.7. The summed E-state index contributed by atoms with van der Waals surface area (Å²) in [6.07, 6.45) is 10.8. The lowest BCUT2D eigenvalue weighted by Gasteiger charge is -2.37. The SMILES string of the molecule is COc1ccc2c(c1)N(CC(C)C[N+](C)(C)CCCCCCCCCC[N+](C)(C)CC(C)CN1c3ccccc3Sc3ccc(OC)cc31)c1ccccc1S2. The summed E-state index contributed by atoms with van der Waals surface area (Å²) < 4.78 is 13.4. The molecule has 0 aromatic heterocycles. The second-order valence-electron chi connectivity index (χ2n) is 17.8. The first-order chi connectivity index (χ1) is 26.9. The number of quaternary nitrogens is 2. The maximum Gasteiger partial charge on any atom is 0.121 e. The van der Waals surface area contributed by atoms with Crippen LogP contribution in [0.25, 0.3) is 0 Å². The van der Waals surface area contributed by atoms with Gasteiger partial charge in [-0.1, -0.05) is 87.3 Å². The van der Waals surface area contributed by atoms with E-state index in [1.54, 1.807) is 14.2 Å². The van der Waals surface area contributed by atoms with Crippen molar-refractivity contribution in [2.45, 2.75) is 84.8 Å². The molecular formula is C48H68N4O2S2+2. The molecule has 6 rings (SSSR count). The minimum absolute atomic E-state index is 0.556. The van der Waals surface area contributed by atoms with E-state index < -0.39 is 0 Å². The lowest BCUT2D eigenvalue weighted by Crippen LogP contribution is -2.45. The first-order valence-electron chi connectivity index (χ1n) is 21.0. The summed E-state index contributed by atoms with van der Waals surface area (Å²) in [5, 5.41) is 0. The van der Waals surface area contributed by atoms with Gasteiger partial charge >= 0.3 is 0 Å². The number of hydrogen-bond acceptors (Lipinski definition) is 6. The van der Waals surface area contributed by atoms with Crippen LogP contribution >= 0.6 is 23.5 Å². The molecule has 2 heterocycles. The van der Waals surface area contributed by atoms with E-state index in [0.29, 0.717) is 11.8 Å². The summed E-state index contributed by atoms with van der Waals surface area (Å²) in [7, 11) is 13.2. The van der Waals surface area contributed by atoms with Gasteiger partial charge in [0.2, 0.25) is 0 Å². The molecule has 2 aliphatic heterocycles. The average molecular weight is 797 g/mol. The van der Waals surface area contributed by atoms with Crippen molar-refractivity contribution in [1.29, 1.82) is 0 Å². The molecule has 0 spiro atoms. The van der Waals surface area contributed by atoms with Crippen molar-refractivity contribution in [3.63, 3.8) is 0 Å². The molecular weight excluding hydrogens is 729 g/mol. The minimum Gasteiger partial charge on any atom is -0.497 e. The highest BCUT2D eigenvalue weighted by molar-refractivity contribution is 8.00. The quantitative estimate of drug-likeness (QED) is 0.0615. The van der Waals surface area contributed by atoms with Crippen LogP contribution in [0.1, 0.15) is 65.2 Å². The number of fused-ring (bicyclic) bond motifs is 4. The maximum atomic E-state index is 5.62. The Morgan fingerprint density at radius 2 is 0.839 bits per heavy atom. The third-order valence-corrected chi connectivity index (χ3v) is 13.8. The van der Waals surface area contributed by atoms with E-state index in [1.165, 1.54) is 120 Å². The van der Waals surface area contributed by atoms with Crippen LogP contribution in [0.2, 0.25) is 0 Å². The molecule has 56 heavy (non-hydrogen) atoms. The molecule has 302 valence electrons. The Labute approximate surface area is 347 Å². The number of unbranched alkanes of at least 4 members (excludes halogenated alkanes) is 7. The molecule has 0 aliphatic carbocycles. The zero-order chi connectivity index (χ0) is 39.7. The van der Waals surface area contributed by atoms with E-state index in [0.717, 1.165) is 33.6 Å². The zero-order valence-corrected chi connectivity index (χ0v) is 37.2. The van der Waals surface area contributed by atoms with Gasteiger partial charge in [0.25, 0.3) is 0 Å². The van der Waals surface area contributed by atoms with Gasteiger partial charge in [0.05, 0.1) is 91.3 Å². The van der Waals surface area contributed by atoms with E-state index in [9.17, 15) is 0 Å². The van der Waals surface area contributed by atoms with E-state index in [-0.39, 0.29) is 0 Å². The first-order valence-corrected chi connectivity index (χ1v) is 22.7. The van der Waals surface area contributed by atoms with Gasteiger partial charge in [0, 0.05) is 56.6 Å². The topological polar surface area (TPSA) is 24.9 Å². The van der Waals surface area contributed by atoms with Crippen molar-refractivity contribution in [2.75, 3.05) is 91.5 Å². The predicted octanol–water partition coefficient (Wildman–Crippen LogP) is 12.2. The molecule has 0 saturated heterocycles. The molecule has 4 aromatic carbocycles. The highest BCUT2D eigenvalue weighted by Crippen LogP contribution is 2.50. The van der Waals surface area contributed by atoms with Crippen molar-refractivity contribution in [3.8, 4) is 11.5 Å². The van der Waals surface area contributed by atoms with Crippen LogP contribution < -0.4 is 19.3 Å². The van der Waals surface area contributed by atoms with Crippen LogP contribution in [0.5, 0.6) is 11.5 Å². The molecule has 2 aliphatic rings. The van der Waals surface area contributed by atoms with Gasteiger partial charge in [-0.05, 0) is 74.2 Å². The molecule has 0 N–H and O–H groups in total. The maximum absolute atomic E-state index is 5.62. The van der Waals surface area contributed by atoms with Crippen LogP contribution in [-0.4, -0.2) is 90.6 Å². The molecule has 0 radical (unpaired) electrons. The van der Waals surface area contributed by atoms with Crippen molar-refractivity contribution in [2.24, 2.45) is 11.8 Å². The average Bonchev–Trinajstić information content (AvgIpc) is 3.17. The number of nitrogens with zero attached hydrogens (tertiary/aromatic N) is 4. The van der Waals surface area contributed by atoms with Crippen molar-refractivity contribution in [3.05, 3.63) is 84.9 Å². The Morgan fingerprint density at radius 3 is 1.23 bits per heavy atom. The Bertz CT molecular complexity index is 1740. The van der Waals surface area contributed by atoms with Crippen LogP contribution in [0.3, 0.4) is 0 Å². The second kappa shape index (κ2) is 19.4. The highest BCUT2D eigenvalue weighted by Gasteiger charge is 2.29. The predicted molar refractivity (Wildman–Crippen MR) is 240 cm³/mol. The third kappa shape index (κ3) is 11.2. The highest BCUT2D eigenvalue weighted by atomic mass is 32.2. The van der Waals surface area contributed by atoms with Gasteiger partial charge < -0.3 is 28.2 Å². The zero-order valence-electron chi connectivity index (χ0n) is 35.6. The summed E-state index contributed by atoms with van der Waals surface area (Å²) in [5.74, 6) is 2.96. The molecule has 2 atom stereocenters. The summed E-state index contributed by atoms with van der Waals surface area (Å²) in [5.41, 5.74) is 5.17. The Morgan fingerprint density at radius 1 is 0.482 bits per heavy atom. The Hall–Kier alpha value is -3.30. The van der Waals surface area contributed by atoms with E-state index in [1.807, 2.05) is 23.5 Å². The summed E-state index contributed by atoms with van der Waals surface area (Å²) >= 11 is 3.73. The number of para-hydroxylation sites is 2. The molecule has 4 aromatic rings. The van der Waals surface area contributed by atoms with E-state index >= 15 is 0 Å². The van der Waals surface area contributed by atoms with E-state index in [4.69, 9.17) is 9.47 Å². The lowest BCUT2D eigenvalue weighted by molar-refractivity contribution is -0.893. The smallest absolute Gasteiger partial charge is 0.121 e. The fourth-order valence-electron chi connectivity index (χ4n) is 9.01. The second-order valence-corrected chi connectivity index (χ2v) is 19.9. The van der Waals surface area contributed by atoms with Gasteiger partial charge in [0.1, 0.15) is 11.5 Å². The largest absolute Gasteiger partial charge is 0.497 e. The van der Waals surface area contributed by atoms with Gasteiger partial charge in [-0.15, -0.1) is 0 Å². The van der Waals surface area contributed by atoms with Gasteiger partial charge in [-0.2, -0.15) is 0 Å². The van der Waals surface area contributed by atoms with Crippen molar-refractivity contribution in [1.82, 2.24) is 0 Å². The number of anilines is 4. The number of hydrogen-bond donors (Lipinski definition) is 0. The molecule has 0 saturated carbocycles. The number of rotatable bonds is 21. The Kier molecular flexibility index (Phi) is 14.7. The number of methoxy groups -OCH3 is 2. The number of benzene rings is 4. The molecule has 2 unspecified atom stereocenters. The summed E-state index contributed by atoms with van der Waals surface area (Å²) in [6.45, 7) is 11.7. The minimum atomic E-state index is 0.556. The van der Waals surface area contributed by atoms with Crippen molar-refractivity contribution < 1.29 is 18.4 Å². The fourth-order valence-corrected chi connectivity index (χ4v) is 11.2. The van der Waals surface area contributed by atoms with Crippen LogP contribution in [0.4, 0.5) is 22.7 Å². The molecule has 0 amide bonds. The summed E-state index contributed by atoms with van der Waals surface area (Å²) in [4.78, 5) is 10.3. The van der Waals surface area contributed by atoms with Crippen molar-refractivity contribution >= 4 is 46.3 Å². The monoisotopic (exact) mass is 796 g/mol. The third-order valence-electron chi connectivity index (χ3n) is 11.5. The standard InChI is InChI=1S/C48H68N4O2S2/c1-37(33-49-41-21-15-17-23-45(41)55-47-27-25-39(53-7)31-43(47)49)35-51(3,4)29-19-13-11-9-10-12-14-20-30-52(5,6)36-38(2)34-50-42-22-16-18-24-46(42)56-48-28-26-40(54-8)32-44(48)50/h15-18,21-28,31-32,37-38H,9-14,19-20,29-30,33-36H2,1-8H3/q+2. The van der Waals surface area contributed by atoms with Crippen LogP contribution in [-0.2, 0) is 0 Å². The van der Waals surface area contributed by atoms with Crippen LogP contribution in [0, 0.1) is 11.8 Å². The molecule has 0 fully saturated rings. The molecule has 6 nitrogen and oxygen atoms in total. The van der Waals surface area contributed by atoms with Gasteiger partial charge in [0.15, 0.2) is 0 Å². The van der Waals surface area contributed by atoms with E-state index in [2.05, 4.69) is 137 Å².